The van der Waals surface area contributed by atoms with Gasteiger partial charge in [-0.05, 0) is 66.9 Å². The SMILES string of the molecule is C[C@H](CO[Si](C)(C)C(C)(C)C)n1cnnc1-c1cccc(NC(=O)c2cc3c(cc2F)CCN(C(=O)O)C3)n1. The zero-order valence-electron chi connectivity index (χ0n) is 23.2. The minimum Gasteiger partial charge on any atom is -0.465 e. The topological polar surface area (TPSA) is 122 Å². The molecule has 0 saturated carbocycles. The van der Waals surface area contributed by atoms with E-state index in [-0.39, 0.29) is 35.6 Å². The van der Waals surface area contributed by atoms with Gasteiger partial charge in [0.2, 0.25) is 0 Å². The highest BCUT2D eigenvalue weighted by Gasteiger charge is 2.37. The van der Waals surface area contributed by atoms with Gasteiger partial charge in [0.15, 0.2) is 14.1 Å². The zero-order chi connectivity index (χ0) is 28.5. The lowest BCUT2D eigenvalue weighted by Crippen LogP contribution is -2.42. The Morgan fingerprint density at radius 1 is 1.23 bits per heavy atom. The van der Waals surface area contributed by atoms with Crippen LogP contribution in [0.3, 0.4) is 0 Å². The lowest BCUT2D eigenvalue weighted by molar-refractivity contribution is 0.102. The summed E-state index contributed by atoms with van der Waals surface area (Å²) in [4.78, 5) is 30.1. The van der Waals surface area contributed by atoms with Crippen molar-refractivity contribution in [2.24, 2.45) is 0 Å². The molecule has 1 aliphatic heterocycles. The number of pyridine rings is 1. The molecular weight excluding hydrogens is 519 g/mol. The number of nitrogens with one attached hydrogen (secondary N) is 1. The van der Waals surface area contributed by atoms with Crippen molar-refractivity contribution in [3.05, 3.63) is 59.2 Å². The van der Waals surface area contributed by atoms with Crippen molar-refractivity contribution in [1.82, 2.24) is 24.6 Å². The van der Waals surface area contributed by atoms with Crippen LogP contribution in [0.15, 0.2) is 36.7 Å². The minimum atomic E-state index is -1.94. The number of carbonyl (C=O) groups is 2. The third kappa shape index (κ3) is 6.17. The predicted octanol–water partition coefficient (Wildman–Crippen LogP) is 5.35. The third-order valence-corrected chi connectivity index (χ3v) is 12.1. The average Bonchev–Trinajstić information content (AvgIpc) is 3.36. The monoisotopic (exact) mass is 554 g/mol. The second kappa shape index (κ2) is 10.9. The molecule has 2 amide bonds. The van der Waals surface area contributed by atoms with Crippen LogP contribution in [0.5, 0.6) is 0 Å². The number of benzene rings is 1. The van der Waals surface area contributed by atoms with Gasteiger partial charge in [0.05, 0.1) is 18.2 Å². The molecule has 1 aliphatic rings. The summed E-state index contributed by atoms with van der Waals surface area (Å²) in [7, 11) is -1.94. The fourth-order valence-corrected chi connectivity index (χ4v) is 5.19. The molecule has 0 unspecified atom stereocenters. The molecule has 2 N–H and O–H groups in total. The van der Waals surface area contributed by atoms with E-state index >= 15 is 0 Å². The van der Waals surface area contributed by atoms with Crippen LogP contribution in [0.2, 0.25) is 18.1 Å². The van der Waals surface area contributed by atoms with E-state index < -0.39 is 26.1 Å². The lowest BCUT2D eigenvalue weighted by Gasteiger charge is -2.37. The third-order valence-electron chi connectivity index (χ3n) is 7.58. The molecule has 0 aliphatic carbocycles. The molecule has 0 spiro atoms. The van der Waals surface area contributed by atoms with Gasteiger partial charge in [-0.3, -0.25) is 4.79 Å². The second-order valence-electron chi connectivity index (χ2n) is 11.4. The fourth-order valence-electron chi connectivity index (χ4n) is 4.10. The molecule has 0 saturated heterocycles. The maximum Gasteiger partial charge on any atom is 0.407 e. The first-order valence-corrected chi connectivity index (χ1v) is 15.8. The Morgan fingerprint density at radius 3 is 2.67 bits per heavy atom. The first-order valence-electron chi connectivity index (χ1n) is 12.9. The highest BCUT2D eigenvalue weighted by molar-refractivity contribution is 6.74. The molecule has 12 heteroatoms. The summed E-state index contributed by atoms with van der Waals surface area (Å²) in [6, 6.07) is 7.76. The Kier molecular flexibility index (Phi) is 7.89. The van der Waals surface area contributed by atoms with Crippen molar-refractivity contribution >= 4 is 26.1 Å². The highest BCUT2D eigenvalue weighted by atomic mass is 28.4. The van der Waals surface area contributed by atoms with Crippen molar-refractivity contribution < 1.29 is 23.5 Å². The summed E-state index contributed by atoms with van der Waals surface area (Å²) in [5, 5.41) is 20.4. The molecule has 3 aromatic rings. The first-order chi connectivity index (χ1) is 18.3. The largest absolute Gasteiger partial charge is 0.465 e. The van der Waals surface area contributed by atoms with Crippen molar-refractivity contribution in [1.29, 1.82) is 0 Å². The molecule has 1 aromatic carbocycles. The molecule has 39 heavy (non-hydrogen) atoms. The van der Waals surface area contributed by atoms with Crippen LogP contribution in [0.4, 0.5) is 15.0 Å². The predicted molar refractivity (Wildman–Crippen MR) is 148 cm³/mol. The molecule has 2 aromatic heterocycles. The summed E-state index contributed by atoms with van der Waals surface area (Å²) in [6.45, 7) is 13.9. The van der Waals surface area contributed by atoms with Gasteiger partial charge < -0.3 is 24.3 Å². The van der Waals surface area contributed by atoms with Crippen LogP contribution in [-0.2, 0) is 17.4 Å². The molecular formula is C27H35FN6O4Si. The Balaban J connectivity index is 1.51. The first kappa shape index (κ1) is 28.4. The van der Waals surface area contributed by atoms with Gasteiger partial charge in [-0.25, -0.2) is 14.2 Å². The molecule has 4 rings (SSSR count). The number of hydrogen-bond donors (Lipinski definition) is 2. The van der Waals surface area contributed by atoms with Crippen LogP contribution in [-0.4, -0.2) is 63.2 Å². The Hall–Kier alpha value is -3.64. The molecule has 10 nitrogen and oxygen atoms in total. The van der Waals surface area contributed by atoms with Crippen LogP contribution < -0.4 is 5.32 Å². The van der Waals surface area contributed by atoms with E-state index in [1.54, 1.807) is 24.5 Å². The maximum atomic E-state index is 14.8. The van der Waals surface area contributed by atoms with Gasteiger partial charge in [0.1, 0.15) is 23.7 Å². The van der Waals surface area contributed by atoms with E-state index in [1.165, 1.54) is 17.0 Å². The number of rotatable bonds is 7. The van der Waals surface area contributed by atoms with Gasteiger partial charge in [-0.15, -0.1) is 10.2 Å². The molecule has 0 bridgehead atoms. The molecule has 1 atom stereocenters. The number of hydrogen-bond acceptors (Lipinski definition) is 6. The molecule has 208 valence electrons. The smallest absolute Gasteiger partial charge is 0.407 e. The summed E-state index contributed by atoms with van der Waals surface area (Å²) >= 11 is 0. The molecule has 3 heterocycles. The normalized spacial score (nSPS) is 14.6. The maximum absolute atomic E-state index is 14.8. The van der Waals surface area contributed by atoms with E-state index in [2.05, 4.69) is 54.4 Å². The lowest BCUT2D eigenvalue weighted by atomic mass is 9.97. The van der Waals surface area contributed by atoms with Gasteiger partial charge in [0, 0.05) is 13.1 Å². The molecule has 0 radical (unpaired) electrons. The van der Waals surface area contributed by atoms with Crippen molar-refractivity contribution in [2.45, 2.75) is 64.8 Å². The van der Waals surface area contributed by atoms with E-state index in [0.29, 0.717) is 35.7 Å². The van der Waals surface area contributed by atoms with E-state index in [4.69, 9.17) is 4.43 Å². The number of nitrogens with zero attached hydrogens (tertiary/aromatic N) is 5. The number of fused-ring (bicyclic) bond motifs is 1. The molecule has 0 fully saturated rings. The average molecular weight is 555 g/mol. The number of carboxylic acid groups (broad SMARTS) is 1. The van der Waals surface area contributed by atoms with Gasteiger partial charge >= 0.3 is 6.09 Å². The van der Waals surface area contributed by atoms with Crippen molar-refractivity contribution in [3.8, 4) is 11.5 Å². The quantitative estimate of drug-likeness (QED) is 0.378. The minimum absolute atomic E-state index is 0.0564. The van der Waals surface area contributed by atoms with E-state index in [1.807, 2.05) is 11.5 Å². The van der Waals surface area contributed by atoms with Crippen LogP contribution in [0.25, 0.3) is 11.5 Å². The van der Waals surface area contributed by atoms with Crippen LogP contribution in [0, 0.1) is 5.82 Å². The number of anilines is 1. The summed E-state index contributed by atoms with van der Waals surface area (Å²) in [6.07, 6.45) is 0.972. The van der Waals surface area contributed by atoms with E-state index in [9.17, 15) is 19.1 Å². The van der Waals surface area contributed by atoms with Crippen LogP contribution >= 0.6 is 0 Å². The standard InChI is InChI=1S/C27H35FN6O4Si/c1-17(15-38-39(5,6)27(2,3)4)34-16-29-32-24(34)22-8-7-9-23(30-22)31-25(35)20-12-19-14-33(26(36)37)11-10-18(19)13-21(20)28/h7-9,12-13,16-17H,10-11,14-15H2,1-6H3,(H,36,37)(H,30,31,35)/t17-/m1/s1. The summed E-state index contributed by atoms with van der Waals surface area (Å²) in [5.74, 6) is -0.598. The van der Waals surface area contributed by atoms with E-state index in [0.717, 1.165) is 0 Å². The number of amides is 2. The summed E-state index contributed by atoms with van der Waals surface area (Å²) < 4.78 is 23.1. The number of halogens is 1. The Bertz CT molecular complexity index is 1390. The van der Waals surface area contributed by atoms with Crippen LogP contribution in [0.1, 0.15) is 55.2 Å². The van der Waals surface area contributed by atoms with Gasteiger partial charge in [0.25, 0.3) is 5.91 Å². The van der Waals surface area contributed by atoms with Gasteiger partial charge in [-0.2, -0.15) is 0 Å². The highest BCUT2D eigenvalue weighted by Crippen LogP contribution is 2.37. The van der Waals surface area contributed by atoms with Gasteiger partial charge in [-0.1, -0.05) is 26.8 Å². The second-order valence-corrected chi connectivity index (χ2v) is 16.2. The Morgan fingerprint density at radius 2 is 1.97 bits per heavy atom. The van der Waals surface area contributed by atoms with Crippen molar-refractivity contribution in [3.63, 3.8) is 0 Å². The fraction of sp³-hybridized carbons (Fsp3) is 0.444. The summed E-state index contributed by atoms with van der Waals surface area (Å²) in [5.41, 5.74) is 1.63. The zero-order valence-corrected chi connectivity index (χ0v) is 24.2. The number of carbonyl (C=O) groups excluding carboxylic acids is 1. The van der Waals surface area contributed by atoms with Crippen molar-refractivity contribution in [2.75, 3.05) is 18.5 Å². The Labute approximate surface area is 228 Å². The number of aromatic nitrogens is 4.